The van der Waals surface area contributed by atoms with Gasteiger partial charge in [-0.25, -0.2) is 0 Å². The lowest BCUT2D eigenvalue weighted by Gasteiger charge is -2.13. The summed E-state index contributed by atoms with van der Waals surface area (Å²) in [5, 5.41) is 3.11. The summed E-state index contributed by atoms with van der Waals surface area (Å²) in [5.41, 5.74) is 3.49. The van der Waals surface area contributed by atoms with Gasteiger partial charge in [0.1, 0.15) is 5.02 Å². The van der Waals surface area contributed by atoms with Crippen LogP contribution in [0.1, 0.15) is 49.4 Å². The number of aromatic nitrogens is 1. The summed E-state index contributed by atoms with van der Waals surface area (Å²) in [6.45, 7) is 4.30. The average molecular weight is 357 g/mol. The summed E-state index contributed by atoms with van der Waals surface area (Å²) in [6, 6.07) is 11.6. The maximum Gasteiger partial charge on any atom is 0.267 e. The van der Waals surface area contributed by atoms with Crippen molar-refractivity contribution in [3.8, 4) is 0 Å². The van der Waals surface area contributed by atoms with Crippen molar-refractivity contribution in [1.29, 1.82) is 0 Å². The number of aromatic amines is 1. The smallest absolute Gasteiger partial charge is 0.267 e. The number of nitrogens with one attached hydrogen (secondary N) is 2. The van der Waals surface area contributed by atoms with Crippen molar-refractivity contribution in [3.63, 3.8) is 0 Å². The molecule has 1 fully saturated rings. The highest BCUT2D eigenvalue weighted by Gasteiger charge is 2.20. The molecule has 4 nitrogen and oxygen atoms in total. The van der Waals surface area contributed by atoms with E-state index in [1.54, 1.807) is 12.1 Å². The molecule has 0 spiro atoms. The van der Waals surface area contributed by atoms with Crippen LogP contribution in [0.3, 0.4) is 0 Å². The molecule has 2 heterocycles. The first-order chi connectivity index (χ1) is 11.9. The quantitative estimate of drug-likeness (QED) is 0.873. The number of amides is 1. The molecule has 25 heavy (non-hydrogen) atoms. The van der Waals surface area contributed by atoms with E-state index in [1.807, 2.05) is 18.2 Å². The molecular formula is C20H21ClN2O2. The van der Waals surface area contributed by atoms with Gasteiger partial charge in [-0.05, 0) is 35.6 Å². The van der Waals surface area contributed by atoms with Crippen LogP contribution >= 0.6 is 11.6 Å². The molecular weight excluding hydrogens is 336 g/mol. The zero-order valence-corrected chi connectivity index (χ0v) is 15.1. The Bertz CT molecular complexity index is 866. The van der Waals surface area contributed by atoms with Gasteiger partial charge >= 0.3 is 0 Å². The summed E-state index contributed by atoms with van der Waals surface area (Å²) >= 11 is 5.86. The maximum atomic E-state index is 11.9. The predicted octanol–water partition coefficient (Wildman–Crippen LogP) is 3.86. The Kier molecular flexibility index (Phi) is 5.09. The SMILES string of the molecule is CC(C)c1ccc(C(=C[C@H]2CCC(=O)N2)c2ccc(Cl)c(=O)[nH]2)cc1. The van der Waals surface area contributed by atoms with E-state index in [-0.39, 0.29) is 22.5 Å². The summed E-state index contributed by atoms with van der Waals surface area (Å²) in [5.74, 6) is 0.506. The van der Waals surface area contributed by atoms with Crippen LogP contribution in [0, 0.1) is 0 Å². The van der Waals surface area contributed by atoms with Gasteiger partial charge < -0.3 is 10.3 Å². The summed E-state index contributed by atoms with van der Waals surface area (Å²) in [7, 11) is 0. The Morgan fingerprint density at radius 1 is 1.16 bits per heavy atom. The molecule has 1 aromatic carbocycles. The molecule has 1 amide bonds. The number of carbonyl (C=O) groups is 1. The molecule has 1 atom stereocenters. The molecule has 1 aliphatic heterocycles. The van der Waals surface area contributed by atoms with E-state index in [0.29, 0.717) is 18.0 Å². The van der Waals surface area contributed by atoms with E-state index < -0.39 is 0 Å². The lowest BCUT2D eigenvalue weighted by atomic mass is 9.95. The topological polar surface area (TPSA) is 62.0 Å². The van der Waals surface area contributed by atoms with Crippen LogP contribution in [0.25, 0.3) is 5.57 Å². The third kappa shape index (κ3) is 4.02. The van der Waals surface area contributed by atoms with Gasteiger partial charge in [-0.2, -0.15) is 0 Å². The van der Waals surface area contributed by atoms with E-state index in [2.05, 4.69) is 36.3 Å². The molecule has 0 saturated carbocycles. The van der Waals surface area contributed by atoms with Crippen molar-refractivity contribution < 1.29 is 4.79 Å². The predicted molar refractivity (Wildman–Crippen MR) is 101 cm³/mol. The lowest BCUT2D eigenvalue weighted by Crippen LogP contribution is -2.23. The lowest BCUT2D eigenvalue weighted by molar-refractivity contribution is -0.119. The molecule has 1 saturated heterocycles. The van der Waals surface area contributed by atoms with Crippen molar-refractivity contribution in [2.24, 2.45) is 0 Å². The van der Waals surface area contributed by atoms with Crippen molar-refractivity contribution in [2.75, 3.05) is 0 Å². The molecule has 0 radical (unpaired) electrons. The zero-order chi connectivity index (χ0) is 18.0. The summed E-state index contributed by atoms with van der Waals surface area (Å²) in [6.07, 6.45) is 3.29. The summed E-state index contributed by atoms with van der Waals surface area (Å²) in [4.78, 5) is 26.3. The number of benzene rings is 1. The zero-order valence-electron chi connectivity index (χ0n) is 14.3. The molecule has 0 unspecified atom stereocenters. The number of rotatable bonds is 4. The van der Waals surface area contributed by atoms with E-state index >= 15 is 0 Å². The second kappa shape index (κ2) is 7.28. The molecule has 5 heteroatoms. The van der Waals surface area contributed by atoms with Crippen molar-refractivity contribution in [1.82, 2.24) is 10.3 Å². The monoisotopic (exact) mass is 356 g/mol. The van der Waals surface area contributed by atoms with Gasteiger partial charge in [0.2, 0.25) is 5.91 Å². The molecule has 130 valence electrons. The number of hydrogen-bond donors (Lipinski definition) is 2. The Morgan fingerprint density at radius 2 is 1.88 bits per heavy atom. The van der Waals surface area contributed by atoms with Crippen molar-refractivity contribution >= 4 is 23.1 Å². The minimum absolute atomic E-state index is 0.0357. The van der Waals surface area contributed by atoms with Crippen molar-refractivity contribution in [2.45, 2.75) is 38.6 Å². The number of H-pyrrole nitrogens is 1. The van der Waals surface area contributed by atoms with Gasteiger partial charge in [-0.15, -0.1) is 0 Å². The van der Waals surface area contributed by atoms with E-state index in [9.17, 15) is 9.59 Å². The maximum absolute atomic E-state index is 11.9. The first-order valence-corrected chi connectivity index (χ1v) is 8.82. The number of pyridine rings is 1. The average Bonchev–Trinajstić information content (AvgIpc) is 3.00. The normalized spacial score (nSPS) is 17.8. The van der Waals surface area contributed by atoms with Gasteiger partial charge in [0.05, 0.1) is 0 Å². The van der Waals surface area contributed by atoms with Gasteiger partial charge in [0, 0.05) is 23.7 Å². The van der Waals surface area contributed by atoms with Crippen LogP contribution < -0.4 is 10.9 Å². The van der Waals surface area contributed by atoms with Crippen LogP contribution in [0.5, 0.6) is 0 Å². The largest absolute Gasteiger partial charge is 0.350 e. The molecule has 1 aliphatic rings. The number of carbonyl (C=O) groups excluding carboxylic acids is 1. The van der Waals surface area contributed by atoms with Gasteiger partial charge in [-0.3, -0.25) is 9.59 Å². The molecule has 2 N–H and O–H groups in total. The Morgan fingerprint density at radius 3 is 2.44 bits per heavy atom. The molecule has 3 rings (SSSR count). The minimum atomic E-state index is -0.320. The highest BCUT2D eigenvalue weighted by atomic mass is 35.5. The molecule has 2 aromatic rings. The standard InChI is InChI=1S/C20H21ClN2O2/c1-12(2)13-3-5-14(6-4-13)16(11-15-7-10-19(24)22-15)18-9-8-17(21)20(25)23-18/h3-6,8-9,11-12,15H,7,10H2,1-2H3,(H,22,24)(H,23,25)/t15-/m1/s1. The van der Waals surface area contributed by atoms with Crippen LogP contribution in [0.4, 0.5) is 0 Å². The van der Waals surface area contributed by atoms with Crippen LogP contribution in [0.15, 0.2) is 47.3 Å². The fraction of sp³-hybridized carbons (Fsp3) is 0.300. The van der Waals surface area contributed by atoms with Crippen LogP contribution in [-0.2, 0) is 4.79 Å². The fourth-order valence-electron chi connectivity index (χ4n) is 2.97. The Labute approximate surface area is 151 Å². The van der Waals surface area contributed by atoms with E-state index in [0.717, 1.165) is 17.6 Å². The van der Waals surface area contributed by atoms with Gasteiger partial charge in [0.15, 0.2) is 0 Å². The Hall–Kier alpha value is -2.33. The second-order valence-electron chi connectivity index (χ2n) is 6.62. The minimum Gasteiger partial charge on any atom is -0.350 e. The molecule has 0 aliphatic carbocycles. The Balaban J connectivity index is 2.04. The number of halogens is 1. The highest BCUT2D eigenvalue weighted by Crippen LogP contribution is 2.26. The highest BCUT2D eigenvalue weighted by molar-refractivity contribution is 6.30. The molecule has 1 aromatic heterocycles. The third-order valence-electron chi connectivity index (χ3n) is 4.44. The third-order valence-corrected chi connectivity index (χ3v) is 4.73. The van der Waals surface area contributed by atoms with Gasteiger partial charge in [0.25, 0.3) is 5.56 Å². The van der Waals surface area contributed by atoms with Crippen LogP contribution in [0.2, 0.25) is 5.02 Å². The first kappa shape index (κ1) is 17.5. The fourth-order valence-corrected chi connectivity index (χ4v) is 3.08. The number of hydrogen-bond acceptors (Lipinski definition) is 2. The first-order valence-electron chi connectivity index (χ1n) is 8.45. The van der Waals surface area contributed by atoms with Crippen LogP contribution in [-0.4, -0.2) is 16.9 Å². The van der Waals surface area contributed by atoms with Crippen molar-refractivity contribution in [3.05, 3.63) is 74.7 Å². The second-order valence-corrected chi connectivity index (χ2v) is 7.03. The molecule has 0 bridgehead atoms. The van der Waals surface area contributed by atoms with Gasteiger partial charge in [-0.1, -0.05) is 55.8 Å². The van der Waals surface area contributed by atoms with E-state index in [4.69, 9.17) is 11.6 Å². The summed E-state index contributed by atoms with van der Waals surface area (Å²) < 4.78 is 0. The van der Waals surface area contributed by atoms with E-state index in [1.165, 1.54) is 5.56 Å².